The third-order valence-electron chi connectivity index (χ3n) is 4.15. The number of rotatable bonds is 4. The summed E-state index contributed by atoms with van der Waals surface area (Å²) in [5, 5.41) is 3.58. The first kappa shape index (κ1) is 15.9. The maximum absolute atomic E-state index is 12.1. The van der Waals surface area contributed by atoms with Gasteiger partial charge in [0.1, 0.15) is 5.75 Å². The second-order valence-corrected chi connectivity index (χ2v) is 6.48. The zero-order valence-corrected chi connectivity index (χ0v) is 14.2. The lowest BCUT2D eigenvalue weighted by molar-refractivity contribution is -0.118. The van der Waals surface area contributed by atoms with Crippen LogP contribution in [0.25, 0.3) is 0 Å². The Morgan fingerprint density at radius 2 is 1.83 bits per heavy atom. The number of ether oxygens (including phenoxy) is 1. The van der Waals surface area contributed by atoms with E-state index in [0.717, 1.165) is 35.4 Å². The molecule has 3 nitrogen and oxygen atoms in total. The molecule has 120 valence electrons. The second kappa shape index (κ2) is 6.63. The predicted octanol–water partition coefficient (Wildman–Crippen LogP) is 4.46. The van der Waals surface area contributed by atoms with Gasteiger partial charge < -0.3 is 10.1 Å². The summed E-state index contributed by atoms with van der Waals surface area (Å²) in [6.45, 7) is 3.83. The molecule has 0 spiro atoms. The van der Waals surface area contributed by atoms with Crippen LogP contribution in [-0.2, 0) is 17.6 Å². The van der Waals surface area contributed by atoms with Crippen LogP contribution in [0.5, 0.6) is 5.75 Å². The Labute approximate surface area is 141 Å². The minimum Gasteiger partial charge on any atom is -0.483 e. The minimum absolute atomic E-state index is 0.0135. The molecule has 0 aliphatic heterocycles. The summed E-state index contributed by atoms with van der Waals surface area (Å²) in [6.07, 6.45) is 3.44. The average Bonchev–Trinajstić information content (AvgIpc) is 2.93. The highest BCUT2D eigenvalue weighted by Gasteiger charge is 2.13. The van der Waals surface area contributed by atoms with Crippen LogP contribution in [0, 0.1) is 13.8 Å². The van der Waals surface area contributed by atoms with Crippen molar-refractivity contribution in [2.24, 2.45) is 0 Å². The fourth-order valence-corrected chi connectivity index (χ4v) is 3.44. The van der Waals surface area contributed by atoms with Crippen molar-refractivity contribution in [3.05, 3.63) is 57.6 Å². The van der Waals surface area contributed by atoms with Crippen molar-refractivity contribution in [1.29, 1.82) is 0 Å². The number of anilines is 1. The van der Waals surface area contributed by atoms with Crippen LogP contribution in [-0.4, -0.2) is 12.5 Å². The van der Waals surface area contributed by atoms with Crippen LogP contribution in [0.15, 0.2) is 30.3 Å². The monoisotopic (exact) mass is 329 g/mol. The highest BCUT2D eigenvalue weighted by Crippen LogP contribution is 2.27. The van der Waals surface area contributed by atoms with Gasteiger partial charge in [0.25, 0.3) is 5.91 Å². The Morgan fingerprint density at radius 1 is 1.13 bits per heavy atom. The first-order chi connectivity index (χ1) is 11.0. The molecule has 0 bridgehead atoms. The summed E-state index contributed by atoms with van der Waals surface area (Å²) in [4.78, 5) is 12.1. The molecule has 3 rings (SSSR count). The molecule has 0 saturated heterocycles. The van der Waals surface area contributed by atoms with E-state index in [1.54, 1.807) is 0 Å². The van der Waals surface area contributed by atoms with Crippen molar-refractivity contribution in [3.63, 3.8) is 0 Å². The van der Waals surface area contributed by atoms with Crippen LogP contribution >= 0.6 is 11.6 Å². The SMILES string of the molecule is Cc1cc(Cl)cc(C)c1OCC(=O)Nc1ccc2c(c1)CCC2. The fourth-order valence-electron chi connectivity index (χ4n) is 3.11. The zero-order chi connectivity index (χ0) is 16.4. The molecule has 2 aromatic carbocycles. The summed E-state index contributed by atoms with van der Waals surface area (Å²) in [5.41, 5.74) is 5.43. The summed E-state index contributed by atoms with van der Waals surface area (Å²) >= 11 is 6.00. The largest absolute Gasteiger partial charge is 0.483 e. The number of fused-ring (bicyclic) bond motifs is 1. The van der Waals surface area contributed by atoms with Gasteiger partial charge >= 0.3 is 0 Å². The third kappa shape index (κ3) is 3.67. The van der Waals surface area contributed by atoms with Crippen molar-refractivity contribution < 1.29 is 9.53 Å². The van der Waals surface area contributed by atoms with Crippen LogP contribution in [0.2, 0.25) is 5.02 Å². The summed E-state index contributed by atoms with van der Waals surface area (Å²) in [5.74, 6) is 0.565. The van der Waals surface area contributed by atoms with Gasteiger partial charge in [-0.1, -0.05) is 17.7 Å². The predicted molar refractivity (Wildman–Crippen MR) is 93.5 cm³/mol. The standard InChI is InChI=1S/C19H20ClNO2/c1-12-8-16(20)9-13(2)19(12)23-11-18(22)21-17-7-6-14-4-3-5-15(14)10-17/h6-10H,3-5,11H2,1-2H3,(H,21,22). The highest BCUT2D eigenvalue weighted by atomic mass is 35.5. The van der Waals surface area contributed by atoms with Gasteiger partial charge in [0.05, 0.1) is 0 Å². The number of aryl methyl sites for hydroxylation is 4. The number of carbonyl (C=O) groups is 1. The van der Waals surface area contributed by atoms with Crippen LogP contribution in [0.4, 0.5) is 5.69 Å². The third-order valence-corrected chi connectivity index (χ3v) is 4.37. The van der Waals surface area contributed by atoms with Crippen LogP contribution < -0.4 is 10.1 Å². The van der Waals surface area contributed by atoms with Gasteiger partial charge in [-0.25, -0.2) is 0 Å². The molecule has 0 fully saturated rings. The van der Waals surface area contributed by atoms with Gasteiger partial charge in [0, 0.05) is 10.7 Å². The number of carbonyl (C=O) groups excluding carboxylic acids is 1. The van der Waals surface area contributed by atoms with Gasteiger partial charge in [0.15, 0.2) is 6.61 Å². The zero-order valence-electron chi connectivity index (χ0n) is 13.4. The van der Waals surface area contributed by atoms with Crippen molar-refractivity contribution in [2.45, 2.75) is 33.1 Å². The topological polar surface area (TPSA) is 38.3 Å². The van der Waals surface area contributed by atoms with E-state index in [1.165, 1.54) is 17.5 Å². The molecule has 1 aliphatic rings. The molecule has 4 heteroatoms. The van der Waals surface area contributed by atoms with Crippen molar-refractivity contribution >= 4 is 23.2 Å². The molecular formula is C19H20ClNO2. The van der Waals surface area contributed by atoms with E-state index in [4.69, 9.17) is 16.3 Å². The molecule has 2 aromatic rings. The van der Waals surface area contributed by atoms with Crippen molar-refractivity contribution in [3.8, 4) is 5.75 Å². The molecule has 1 aliphatic carbocycles. The Hall–Kier alpha value is -2.00. The molecule has 23 heavy (non-hydrogen) atoms. The van der Waals surface area contributed by atoms with E-state index in [9.17, 15) is 4.79 Å². The van der Waals surface area contributed by atoms with Gasteiger partial charge in [-0.3, -0.25) is 4.79 Å². The Balaban J connectivity index is 1.62. The van der Waals surface area contributed by atoms with E-state index >= 15 is 0 Å². The Kier molecular flexibility index (Phi) is 4.58. The van der Waals surface area contributed by atoms with Gasteiger partial charge in [0.2, 0.25) is 0 Å². The lowest BCUT2D eigenvalue weighted by Gasteiger charge is -2.13. The smallest absolute Gasteiger partial charge is 0.262 e. The second-order valence-electron chi connectivity index (χ2n) is 6.04. The number of hydrogen-bond acceptors (Lipinski definition) is 2. The maximum atomic E-state index is 12.1. The van der Waals surface area contributed by atoms with Crippen LogP contribution in [0.1, 0.15) is 28.7 Å². The number of amides is 1. The highest BCUT2D eigenvalue weighted by molar-refractivity contribution is 6.30. The van der Waals surface area contributed by atoms with E-state index in [0.29, 0.717) is 5.02 Å². The van der Waals surface area contributed by atoms with E-state index in [1.807, 2.05) is 32.0 Å². The summed E-state index contributed by atoms with van der Waals surface area (Å²) < 4.78 is 5.68. The molecule has 1 amide bonds. The number of halogens is 1. The molecular weight excluding hydrogens is 310 g/mol. The first-order valence-corrected chi connectivity index (χ1v) is 8.22. The van der Waals surface area contributed by atoms with Crippen molar-refractivity contribution in [2.75, 3.05) is 11.9 Å². The molecule has 0 heterocycles. The normalized spacial score (nSPS) is 12.8. The molecule has 0 aromatic heterocycles. The van der Waals surface area contributed by atoms with Gasteiger partial charge in [-0.2, -0.15) is 0 Å². The molecule has 0 saturated carbocycles. The fraction of sp³-hybridized carbons (Fsp3) is 0.316. The lowest BCUT2D eigenvalue weighted by atomic mass is 10.1. The molecule has 0 radical (unpaired) electrons. The summed E-state index contributed by atoms with van der Waals surface area (Å²) in [6, 6.07) is 9.80. The van der Waals surface area contributed by atoms with Crippen molar-refractivity contribution in [1.82, 2.24) is 0 Å². The molecule has 0 atom stereocenters. The van der Waals surface area contributed by atoms with Gasteiger partial charge in [-0.05, 0) is 79.6 Å². The molecule has 0 unspecified atom stereocenters. The van der Waals surface area contributed by atoms with E-state index in [2.05, 4.69) is 17.4 Å². The Morgan fingerprint density at radius 3 is 2.57 bits per heavy atom. The Bertz CT molecular complexity index is 732. The average molecular weight is 330 g/mol. The molecule has 1 N–H and O–H groups in total. The minimum atomic E-state index is -0.156. The maximum Gasteiger partial charge on any atom is 0.262 e. The number of benzene rings is 2. The van der Waals surface area contributed by atoms with E-state index in [-0.39, 0.29) is 12.5 Å². The van der Waals surface area contributed by atoms with Gasteiger partial charge in [-0.15, -0.1) is 0 Å². The number of hydrogen-bond donors (Lipinski definition) is 1. The van der Waals surface area contributed by atoms with E-state index < -0.39 is 0 Å². The first-order valence-electron chi connectivity index (χ1n) is 7.84. The summed E-state index contributed by atoms with van der Waals surface area (Å²) in [7, 11) is 0. The van der Waals surface area contributed by atoms with Crippen LogP contribution in [0.3, 0.4) is 0 Å². The quantitative estimate of drug-likeness (QED) is 0.899. The lowest BCUT2D eigenvalue weighted by Crippen LogP contribution is -2.20. The number of nitrogens with one attached hydrogen (secondary N) is 1.